The van der Waals surface area contributed by atoms with Gasteiger partial charge in [0, 0.05) is 11.6 Å². The third-order valence-electron chi connectivity index (χ3n) is 5.69. The summed E-state index contributed by atoms with van der Waals surface area (Å²) in [7, 11) is 0. The number of halogens is 2. The number of rotatable bonds is 5. The first-order valence-corrected chi connectivity index (χ1v) is 12.0. The van der Waals surface area contributed by atoms with Crippen LogP contribution in [-0.2, 0) is 11.4 Å². The van der Waals surface area contributed by atoms with Crippen molar-refractivity contribution in [3.63, 3.8) is 0 Å². The van der Waals surface area contributed by atoms with Gasteiger partial charge in [-0.25, -0.2) is 4.79 Å². The fraction of sp³-hybridized carbons (Fsp3) is 0.292. The number of urea groups is 1. The van der Waals surface area contributed by atoms with Crippen molar-refractivity contribution in [3.8, 4) is 11.8 Å². The molecule has 2 fully saturated rings. The van der Waals surface area contributed by atoms with Crippen molar-refractivity contribution in [1.29, 1.82) is 5.26 Å². The lowest BCUT2D eigenvalue weighted by atomic mass is 9.94. The number of hydrogen-bond acceptors (Lipinski definition) is 4. The molecule has 1 heterocycles. The molecule has 0 aromatic heterocycles. The van der Waals surface area contributed by atoms with E-state index in [2.05, 4.69) is 43.2 Å². The highest BCUT2D eigenvalue weighted by molar-refractivity contribution is 9.11. The van der Waals surface area contributed by atoms with Gasteiger partial charge in [-0.05, 0) is 74.5 Å². The Morgan fingerprint density at radius 2 is 1.81 bits per heavy atom. The Hall–Kier alpha value is -2.63. The maximum atomic E-state index is 12.9. The van der Waals surface area contributed by atoms with Gasteiger partial charge in [0.2, 0.25) is 0 Å². The van der Waals surface area contributed by atoms with Crippen molar-refractivity contribution in [2.24, 2.45) is 0 Å². The van der Waals surface area contributed by atoms with E-state index in [0.29, 0.717) is 20.3 Å². The van der Waals surface area contributed by atoms with Crippen molar-refractivity contribution in [1.82, 2.24) is 10.2 Å². The molecule has 3 amide bonds. The minimum absolute atomic E-state index is 0.0207. The van der Waals surface area contributed by atoms with Crippen LogP contribution in [0.5, 0.6) is 5.75 Å². The van der Waals surface area contributed by atoms with Gasteiger partial charge in [0.1, 0.15) is 18.1 Å². The molecular weight excluding hydrogens is 538 g/mol. The molecule has 2 aliphatic rings. The van der Waals surface area contributed by atoms with Crippen LogP contribution in [0.1, 0.15) is 48.8 Å². The second-order valence-corrected chi connectivity index (χ2v) is 9.54. The third kappa shape index (κ3) is 4.74. The van der Waals surface area contributed by atoms with Crippen LogP contribution in [0.4, 0.5) is 4.79 Å². The van der Waals surface area contributed by atoms with Gasteiger partial charge < -0.3 is 10.1 Å². The molecule has 1 saturated carbocycles. The van der Waals surface area contributed by atoms with Crippen LogP contribution in [0.25, 0.3) is 6.08 Å². The van der Waals surface area contributed by atoms with E-state index in [4.69, 9.17) is 4.74 Å². The highest BCUT2D eigenvalue weighted by Gasteiger charge is 2.38. The van der Waals surface area contributed by atoms with Gasteiger partial charge in [0.05, 0.1) is 20.6 Å². The number of benzene rings is 2. The van der Waals surface area contributed by atoms with E-state index < -0.39 is 0 Å². The van der Waals surface area contributed by atoms with E-state index in [-0.39, 0.29) is 30.3 Å². The molecule has 8 heteroatoms. The molecule has 0 bridgehead atoms. The Morgan fingerprint density at radius 3 is 2.50 bits per heavy atom. The molecule has 0 radical (unpaired) electrons. The van der Waals surface area contributed by atoms with Gasteiger partial charge >= 0.3 is 6.03 Å². The maximum absolute atomic E-state index is 12.9. The van der Waals surface area contributed by atoms with Crippen LogP contribution < -0.4 is 10.1 Å². The standard InChI is InChI=1S/C24H21Br2N3O3/c25-19-10-15(11-20(26)22(19)32-14-17-7-5-4-6-16(17)13-27)12-21-23(30)29(24(31)28-21)18-8-2-1-3-9-18/h4-7,10-12,18H,1-3,8-9,14H2,(H,28,31)/b21-12-. The van der Waals surface area contributed by atoms with Gasteiger partial charge in [-0.3, -0.25) is 9.69 Å². The molecule has 32 heavy (non-hydrogen) atoms. The molecule has 0 atom stereocenters. The van der Waals surface area contributed by atoms with Gasteiger partial charge in [0.25, 0.3) is 5.91 Å². The van der Waals surface area contributed by atoms with Crippen LogP contribution in [0, 0.1) is 11.3 Å². The van der Waals surface area contributed by atoms with Crippen LogP contribution >= 0.6 is 31.9 Å². The van der Waals surface area contributed by atoms with Gasteiger partial charge in [0.15, 0.2) is 0 Å². The summed E-state index contributed by atoms with van der Waals surface area (Å²) >= 11 is 7.05. The van der Waals surface area contributed by atoms with Crippen LogP contribution in [0.2, 0.25) is 0 Å². The third-order valence-corrected chi connectivity index (χ3v) is 6.87. The first-order valence-electron chi connectivity index (χ1n) is 10.4. The van der Waals surface area contributed by atoms with Gasteiger partial charge in [-0.2, -0.15) is 5.26 Å². The van der Waals surface area contributed by atoms with Crippen molar-refractivity contribution in [2.75, 3.05) is 0 Å². The average molecular weight is 559 g/mol. The topological polar surface area (TPSA) is 82.4 Å². The lowest BCUT2D eigenvalue weighted by Gasteiger charge is -2.28. The predicted octanol–water partition coefficient (Wildman–Crippen LogP) is 5.89. The summed E-state index contributed by atoms with van der Waals surface area (Å²) < 4.78 is 7.32. The van der Waals surface area contributed by atoms with Crippen LogP contribution in [0.15, 0.2) is 51.0 Å². The average Bonchev–Trinajstić information content (AvgIpc) is 3.06. The van der Waals surface area contributed by atoms with E-state index in [0.717, 1.165) is 43.2 Å². The minimum atomic E-state index is -0.345. The zero-order valence-corrected chi connectivity index (χ0v) is 20.4. The first-order chi connectivity index (χ1) is 15.5. The number of nitrogens with zero attached hydrogens (tertiary/aromatic N) is 2. The molecular formula is C24H21Br2N3O3. The summed E-state index contributed by atoms with van der Waals surface area (Å²) in [6, 6.07) is 12.7. The number of amides is 3. The maximum Gasteiger partial charge on any atom is 0.329 e. The van der Waals surface area contributed by atoms with Gasteiger partial charge in [-0.15, -0.1) is 0 Å². The van der Waals surface area contributed by atoms with Crippen molar-refractivity contribution in [3.05, 3.63) is 67.7 Å². The van der Waals surface area contributed by atoms with E-state index in [1.807, 2.05) is 30.3 Å². The van der Waals surface area contributed by atoms with Crippen LogP contribution in [0.3, 0.4) is 0 Å². The highest BCUT2D eigenvalue weighted by atomic mass is 79.9. The monoisotopic (exact) mass is 557 g/mol. The Kier molecular flexibility index (Phi) is 6.97. The normalized spacial score (nSPS) is 18.0. The summed E-state index contributed by atoms with van der Waals surface area (Å²) in [4.78, 5) is 26.7. The summed E-state index contributed by atoms with van der Waals surface area (Å²) in [6.07, 6.45) is 6.64. The Balaban J connectivity index is 1.52. The second kappa shape index (κ2) is 9.88. The first kappa shape index (κ1) is 22.6. The molecule has 0 spiro atoms. The van der Waals surface area contributed by atoms with Crippen molar-refractivity contribution in [2.45, 2.75) is 44.8 Å². The number of imide groups is 1. The Morgan fingerprint density at radius 1 is 1.12 bits per heavy atom. The minimum Gasteiger partial charge on any atom is -0.486 e. The van der Waals surface area contributed by atoms with E-state index in [1.165, 1.54) is 4.90 Å². The number of carbonyl (C=O) groups excluding carboxylic acids is 2. The van der Waals surface area contributed by atoms with Crippen molar-refractivity contribution < 1.29 is 14.3 Å². The Labute approximate surface area is 203 Å². The fourth-order valence-corrected chi connectivity index (χ4v) is 5.54. The molecule has 2 aromatic carbocycles. The van der Waals surface area contributed by atoms with Crippen molar-refractivity contribution >= 4 is 49.9 Å². The zero-order valence-electron chi connectivity index (χ0n) is 17.2. The quantitative estimate of drug-likeness (QED) is 0.366. The smallest absolute Gasteiger partial charge is 0.329 e. The molecule has 1 aliphatic heterocycles. The lowest BCUT2D eigenvalue weighted by molar-refractivity contribution is -0.124. The number of nitriles is 1. The highest BCUT2D eigenvalue weighted by Crippen LogP contribution is 2.36. The predicted molar refractivity (Wildman–Crippen MR) is 128 cm³/mol. The molecule has 2 aromatic rings. The number of carbonyl (C=O) groups is 2. The van der Waals surface area contributed by atoms with E-state index in [1.54, 1.807) is 12.1 Å². The second-order valence-electron chi connectivity index (χ2n) is 7.83. The van der Waals surface area contributed by atoms with E-state index >= 15 is 0 Å². The Bertz CT molecular complexity index is 1110. The molecule has 1 aliphatic carbocycles. The summed E-state index contributed by atoms with van der Waals surface area (Å²) in [5, 5.41) is 12.0. The fourth-order valence-electron chi connectivity index (χ4n) is 4.09. The zero-order chi connectivity index (χ0) is 22.7. The molecule has 0 unspecified atom stereocenters. The molecule has 1 N–H and O–H groups in total. The molecule has 4 rings (SSSR count). The van der Waals surface area contributed by atoms with Gasteiger partial charge in [-0.1, -0.05) is 37.5 Å². The number of nitrogens with one attached hydrogen (secondary N) is 1. The van der Waals surface area contributed by atoms with Crippen LogP contribution in [-0.4, -0.2) is 22.9 Å². The lowest BCUT2D eigenvalue weighted by Crippen LogP contribution is -2.41. The largest absolute Gasteiger partial charge is 0.486 e. The number of hydrogen-bond donors (Lipinski definition) is 1. The summed E-state index contributed by atoms with van der Waals surface area (Å²) in [5.74, 6) is 0.313. The summed E-state index contributed by atoms with van der Waals surface area (Å²) in [5.41, 5.74) is 2.37. The molecule has 1 saturated heterocycles. The number of ether oxygens (including phenoxy) is 1. The SMILES string of the molecule is N#Cc1ccccc1COc1c(Br)cc(/C=C2\NC(=O)N(C3CCCCC3)C2=O)cc1Br. The summed E-state index contributed by atoms with van der Waals surface area (Å²) in [6.45, 7) is 0.242. The molecule has 164 valence electrons. The van der Waals surface area contributed by atoms with E-state index in [9.17, 15) is 14.9 Å². The molecule has 6 nitrogen and oxygen atoms in total.